The molecule has 0 unspecified atom stereocenters. The second-order valence-corrected chi connectivity index (χ2v) is 8.72. The van der Waals surface area contributed by atoms with E-state index in [1.807, 2.05) is 36.0 Å². The van der Waals surface area contributed by atoms with Gasteiger partial charge in [-0.2, -0.15) is 0 Å². The van der Waals surface area contributed by atoms with Crippen LogP contribution in [0.2, 0.25) is 0 Å². The maximum absolute atomic E-state index is 14.5. The van der Waals surface area contributed by atoms with Gasteiger partial charge in [-0.1, -0.05) is 0 Å². The normalized spacial score (nSPS) is 13.3. The number of hydrogen-bond donors (Lipinski definition) is 2. The summed E-state index contributed by atoms with van der Waals surface area (Å²) in [6.07, 6.45) is 8.38. The Morgan fingerprint density at radius 2 is 1.91 bits per heavy atom. The van der Waals surface area contributed by atoms with Crippen LogP contribution in [0.25, 0.3) is 27.8 Å². The molecule has 7 nitrogen and oxygen atoms in total. The van der Waals surface area contributed by atoms with Crippen molar-refractivity contribution >= 4 is 22.3 Å². The van der Waals surface area contributed by atoms with Gasteiger partial charge in [0, 0.05) is 40.6 Å². The van der Waals surface area contributed by atoms with Gasteiger partial charge in [-0.05, 0) is 61.7 Å². The predicted molar refractivity (Wildman–Crippen MR) is 129 cm³/mol. The lowest BCUT2D eigenvalue weighted by molar-refractivity contribution is 0.619. The molecule has 0 atom stereocenters. The maximum atomic E-state index is 14.5. The van der Waals surface area contributed by atoms with Crippen LogP contribution in [0, 0.1) is 18.6 Å². The number of hydrogen-bond acceptors (Lipinski definition) is 5. The van der Waals surface area contributed by atoms with Crippen molar-refractivity contribution in [1.29, 1.82) is 0 Å². The van der Waals surface area contributed by atoms with Crippen LogP contribution >= 0.6 is 0 Å². The van der Waals surface area contributed by atoms with Gasteiger partial charge < -0.3 is 14.9 Å². The first-order valence-corrected chi connectivity index (χ1v) is 11.2. The molecule has 5 aromatic rings. The van der Waals surface area contributed by atoms with Gasteiger partial charge >= 0.3 is 0 Å². The van der Waals surface area contributed by atoms with Gasteiger partial charge in [0.15, 0.2) is 17.5 Å². The summed E-state index contributed by atoms with van der Waals surface area (Å²) in [5, 5.41) is 3.21. The summed E-state index contributed by atoms with van der Waals surface area (Å²) >= 11 is 0. The zero-order chi connectivity index (χ0) is 24.1. The van der Waals surface area contributed by atoms with Crippen molar-refractivity contribution in [2.75, 3.05) is 5.32 Å². The van der Waals surface area contributed by atoms with Crippen molar-refractivity contribution in [3.8, 4) is 17.1 Å². The van der Waals surface area contributed by atoms with E-state index in [0.29, 0.717) is 17.4 Å². The molecule has 3 aromatic heterocycles. The molecule has 3 heterocycles. The van der Waals surface area contributed by atoms with E-state index >= 15 is 0 Å². The average molecular weight is 470 g/mol. The van der Waals surface area contributed by atoms with Crippen LogP contribution in [-0.2, 0) is 0 Å². The Balaban J connectivity index is 1.31. The Labute approximate surface area is 198 Å². The SMILES string of the molecule is Cc1cc(-c2ncc(F)c(Nc3ccc4c(=O)[nH]cc(F)c4c3)n2)ccc1-n1cnc(C2CC2)c1. The van der Waals surface area contributed by atoms with Crippen molar-refractivity contribution in [2.24, 2.45) is 0 Å². The number of nitrogens with one attached hydrogen (secondary N) is 2. The number of H-pyrrole nitrogens is 1. The number of halogens is 2. The van der Waals surface area contributed by atoms with Gasteiger partial charge in [-0.3, -0.25) is 4.79 Å². The third-order valence-electron chi connectivity index (χ3n) is 6.19. The van der Waals surface area contributed by atoms with E-state index in [0.717, 1.165) is 34.9 Å². The Morgan fingerprint density at radius 1 is 1.06 bits per heavy atom. The second-order valence-electron chi connectivity index (χ2n) is 8.72. The minimum Gasteiger partial charge on any atom is -0.338 e. The van der Waals surface area contributed by atoms with E-state index in [9.17, 15) is 13.6 Å². The molecule has 35 heavy (non-hydrogen) atoms. The highest BCUT2D eigenvalue weighted by atomic mass is 19.1. The van der Waals surface area contributed by atoms with Crippen LogP contribution in [0.1, 0.15) is 30.0 Å². The third kappa shape index (κ3) is 3.95. The number of fused-ring (bicyclic) bond motifs is 1. The fraction of sp³-hybridized carbons (Fsp3) is 0.154. The predicted octanol–water partition coefficient (Wildman–Crippen LogP) is 5.38. The van der Waals surface area contributed by atoms with Crippen LogP contribution in [0.5, 0.6) is 0 Å². The Hall–Kier alpha value is -4.40. The number of benzene rings is 2. The Morgan fingerprint density at radius 3 is 2.71 bits per heavy atom. The van der Waals surface area contributed by atoms with Crippen LogP contribution in [-0.4, -0.2) is 24.5 Å². The molecule has 2 N–H and O–H groups in total. The van der Waals surface area contributed by atoms with Crippen LogP contribution in [0.15, 0.2) is 66.1 Å². The number of aromatic nitrogens is 5. The van der Waals surface area contributed by atoms with E-state index in [-0.39, 0.29) is 16.6 Å². The summed E-state index contributed by atoms with van der Waals surface area (Å²) in [6.45, 7) is 1.99. The van der Waals surface area contributed by atoms with E-state index in [4.69, 9.17) is 0 Å². The Bertz CT molecular complexity index is 1650. The van der Waals surface area contributed by atoms with Crippen LogP contribution < -0.4 is 10.9 Å². The number of aromatic amines is 1. The summed E-state index contributed by atoms with van der Waals surface area (Å²) in [7, 11) is 0. The number of pyridine rings is 1. The van der Waals surface area contributed by atoms with E-state index in [1.54, 1.807) is 6.07 Å². The first kappa shape index (κ1) is 21.2. The number of rotatable bonds is 5. The molecular weight excluding hydrogens is 450 g/mol. The fourth-order valence-electron chi connectivity index (χ4n) is 4.18. The van der Waals surface area contributed by atoms with Crippen LogP contribution in [0.3, 0.4) is 0 Å². The lowest BCUT2D eigenvalue weighted by Crippen LogP contribution is -2.07. The van der Waals surface area contributed by atoms with E-state index < -0.39 is 17.2 Å². The molecule has 1 aliphatic rings. The zero-order valence-electron chi connectivity index (χ0n) is 18.7. The van der Waals surface area contributed by atoms with Gasteiger partial charge in [0.25, 0.3) is 5.56 Å². The molecule has 1 saturated carbocycles. The maximum Gasteiger partial charge on any atom is 0.256 e. The molecule has 6 rings (SSSR count). The summed E-state index contributed by atoms with van der Waals surface area (Å²) in [4.78, 5) is 27.3. The summed E-state index contributed by atoms with van der Waals surface area (Å²) in [5.74, 6) is -0.361. The summed E-state index contributed by atoms with van der Waals surface area (Å²) < 4.78 is 30.7. The second kappa shape index (κ2) is 8.12. The lowest BCUT2D eigenvalue weighted by atomic mass is 10.1. The minimum atomic E-state index is -0.653. The first-order chi connectivity index (χ1) is 17.0. The summed E-state index contributed by atoms with van der Waals surface area (Å²) in [6, 6.07) is 10.3. The average Bonchev–Trinajstić information content (AvgIpc) is 3.60. The van der Waals surface area contributed by atoms with Gasteiger partial charge in [0.05, 0.1) is 23.6 Å². The molecule has 174 valence electrons. The van der Waals surface area contributed by atoms with Crippen molar-refractivity contribution in [3.05, 3.63) is 94.6 Å². The fourth-order valence-corrected chi connectivity index (χ4v) is 4.18. The number of aryl methyl sites for hydroxylation is 1. The van der Waals surface area contributed by atoms with E-state index in [2.05, 4.69) is 31.4 Å². The Kier molecular flexibility index (Phi) is 4.91. The number of imidazole rings is 1. The molecular formula is C26H20F2N6O. The first-order valence-electron chi connectivity index (χ1n) is 11.2. The third-order valence-corrected chi connectivity index (χ3v) is 6.19. The van der Waals surface area contributed by atoms with Gasteiger partial charge in [-0.25, -0.2) is 23.7 Å². The summed E-state index contributed by atoms with van der Waals surface area (Å²) in [5.41, 5.74) is 3.84. The molecule has 2 aromatic carbocycles. The topological polar surface area (TPSA) is 88.5 Å². The quantitative estimate of drug-likeness (QED) is 0.360. The minimum absolute atomic E-state index is 0.0509. The molecule has 9 heteroatoms. The molecule has 0 radical (unpaired) electrons. The van der Waals surface area contributed by atoms with Gasteiger partial charge in [0.2, 0.25) is 0 Å². The largest absolute Gasteiger partial charge is 0.338 e. The standard InChI is InChI=1S/C26H20F2N6O/c1-14-8-16(4-7-23(14)34-12-22(31-13-34)15-2-3-15)24-29-11-21(28)25(33-24)32-17-5-6-18-19(9-17)20(27)10-30-26(18)35/h4-13,15H,2-3H2,1H3,(H,30,35)(H,29,32,33). The molecule has 1 fully saturated rings. The number of anilines is 2. The van der Waals surface area contributed by atoms with Gasteiger partial charge in [-0.15, -0.1) is 0 Å². The van der Waals surface area contributed by atoms with Crippen molar-refractivity contribution in [3.63, 3.8) is 0 Å². The molecule has 0 spiro atoms. The van der Waals surface area contributed by atoms with Crippen LogP contribution in [0.4, 0.5) is 20.3 Å². The number of nitrogens with zero attached hydrogens (tertiary/aromatic N) is 4. The molecule has 0 aliphatic heterocycles. The van der Waals surface area contributed by atoms with Crippen molar-refractivity contribution in [1.82, 2.24) is 24.5 Å². The van der Waals surface area contributed by atoms with E-state index in [1.165, 1.54) is 25.0 Å². The molecule has 0 amide bonds. The van der Waals surface area contributed by atoms with Gasteiger partial charge in [0.1, 0.15) is 5.82 Å². The highest BCUT2D eigenvalue weighted by Crippen LogP contribution is 2.39. The molecule has 0 bridgehead atoms. The zero-order valence-corrected chi connectivity index (χ0v) is 18.7. The molecule has 0 saturated heterocycles. The highest BCUT2D eigenvalue weighted by molar-refractivity contribution is 5.86. The van der Waals surface area contributed by atoms with Crippen molar-refractivity contribution in [2.45, 2.75) is 25.7 Å². The lowest BCUT2D eigenvalue weighted by Gasteiger charge is -2.11. The van der Waals surface area contributed by atoms with Crippen molar-refractivity contribution < 1.29 is 8.78 Å². The monoisotopic (exact) mass is 470 g/mol. The highest BCUT2D eigenvalue weighted by Gasteiger charge is 2.26. The molecule has 1 aliphatic carbocycles. The smallest absolute Gasteiger partial charge is 0.256 e.